The normalized spacial score (nSPS) is 10.7. The molecular weight excluding hydrogens is 572 g/mol. The van der Waals surface area contributed by atoms with Crippen LogP contribution in [0.4, 0.5) is 11.4 Å². The number of aromatic nitrogens is 3. The Bertz CT molecular complexity index is 1510. The number of hydrogen-bond donors (Lipinski definition) is 2. The first-order chi connectivity index (χ1) is 18.2. The number of nitrogens with zero attached hydrogens (tertiary/aromatic N) is 4. The molecule has 1 heterocycles. The molecule has 10 nitrogen and oxygen atoms in total. The molecule has 0 aliphatic carbocycles. The van der Waals surface area contributed by atoms with Crippen molar-refractivity contribution in [2.75, 3.05) is 11.1 Å². The molecule has 0 aliphatic heterocycles. The Morgan fingerprint density at radius 2 is 1.79 bits per heavy atom. The largest absolute Gasteiger partial charge is 0.345 e. The summed E-state index contributed by atoms with van der Waals surface area (Å²) < 4.78 is 2.65. The molecule has 0 bridgehead atoms. The number of aryl methyl sites for hydroxylation is 1. The summed E-state index contributed by atoms with van der Waals surface area (Å²) in [5, 5.41) is 25.9. The molecule has 0 aliphatic rings. The van der Waals surface area contributed by atoms with Gasteiger partial charge in [-0.2, -0.15) is 0 Å². The van der Waals surface area contributed by atoms with E-state index in [4.69, 9.17) is 0 Å². The van der Waals surface area contributed by atoms with Gasteiger partial charge in [0.1, 0.15) is 0 Å². The van der Waals surface area contributed by atoms with Crippen LogP contribution in [0, 0.1) is 24.0 Å². The van der Waals surface area contributed by atoms with Gasteiger partial charge in [-0.1, -0.05) is 45.9 Å². The van der Waals surface area contributed by atoms with Crippen molar-refractivity contribution in [2.45, 2.75) is 25.5 Å². The zero-order chi connectivity index (χ0) is 27.2. The lowest BCUT2D eigenvalue weighted by Crippen LogP contribution is -2.25. The number of nitro benzene ring substituents is 1. The van der Waals surface area contributed by atoms with Crippen LogP contribution in [-0.4, -0.2) is 37.3 Å². The smallest absolute Gasteiger partial charge is 0.273 e. The van der Waals surface area contributed by atoms with Crippen LogP contribution < -0.4 is 10.6 Å². The molecule has 0 saturated heterocycles. The van der Waals surface area contributed by atoms with Gasteiger partial charge in [-0.05, 0) is 61.9 Å². The molecule has 4 aromatic rings. The quantitative estimate of drug-likeness (QED) is 0.154. The van der Waals surface area contributed by atoms with E-state index in [1.54, 1.807) is 4.57 Å². The summed E-state index contributed by atoms with van der Waals surface area (Å²) in [6.45, 7) is 3.50. The summed E-state index contributed by atoms with van der Waals surface area (Å²) in [5.41, 5.74) is 2.85. The predicted molar refractivity (Wildman–Crippen MR) is 149 cm³/mol. The minimum Gasteiger partial charge on any atom is -0.345 e. The number of amides is 2. The fourth-order valence-corrected chi connectivity index (χ4v) is 4.76. The summed E-state index contributed by atoms with van der Waals surface area (Å²) in [5.74, 6) is -0.127. The number of carbonyl (C=O) groups excluding carboxylic acids is 2. The minimum atomic E-state index is -0.519. The highest BCUT2D eigenvalue weighted by Gasteiger charge is 2.20. The number of thioether (sulfide) groups is 1. The monoisotopic (exact) mass is 594 g/mol. The number of nitrogens with one attached hydrogen (secondary N) is 2. The van der Waals surface area contributed by atoms with Crippen molar-refractivity contribution in [3.63, 3.8) is 0 Å². The van der Waals surface area contributed by atoms with Gasteiger partial charge in [-0.25, -0.2) is 0 Å². The van der Waals surface area contributed by atoms with Crippen LogP contribution in [0.3, 0.4) is 0 Å². The van der Waals surface area contributed by atoms with Crippen molar-refractivity contribution in [1.82, 2.24) is 20.1 Å². The lowest BCUT2D eigenvalue weighted by Gasteiger charge is -2.12. The Balaban J connectivity index is 1.52. The molecule has 12 heteroatoms. The summed E-state index contributed by atoms with van der Waals surface area (Å²) in [6, 6.07) is 19.3. The van der Waals surface area contributed by atoms with E-state index in [0.29, 0.717) is 16.7 Å². The van der Waals surface area contributed by atoms with Gasteiger partial charge >= 0.3 is 0 Å². The number of rotatable bonds is 9. The number of hydrogen-bond acceptors (Lipinski definition) is 7. The van der Waals surface area contributed by atoms with Crippen molar-refractivity contribution in [2.24, 2.45) is 0 Å². The Labute approximate surface area is 231 Å². The Morgan fingerprint density at radius 3 is 2.50 bits per heavy atom. The number of benzene rings is 3. The average Bonchev–Trinajstić information content (AvgIpc) is 3.29. The Kier molecular flexibility index (Phi) is 8.54. The van der Waals surface area contributed by atoms with Crippen LogP contribution in [0.25, 0.3) is 5.69 Å². The lowest BCUT2D eigenvalue weighted by molar-refractivity contribution is -0.385. The van der Waals surface area contributed by atoms with Gasteiger partial charge in [0.05, 0.1) is 17.2 Å². The fraction of sp³-hybridized carbons (Fsp3) is 0.154. The van der Waals surface area contributed by atoms with Crippen molar-refractivity contribution in [3.05, 3.63) is 104 Å². The molecule has 1 aromatic heterocycles. The van der Waals surface area contributed by atoms with Crippen molar-refractivity contribution in [3.8, 4) is 5.69 Å². The molecule has 0 fully saturated rings. The Morgan fingerprint density at radius 1 is 1.05 bits per heavy atom. The first-order valence-corrected chi connectivity index (χ1v) is 13.2. The molecule has 2 amide bonds. The zero-order valence-electron chi connectivity index (χ0n) is 20.5. The van der Waals surface area contributed by atoms with Crippen LogP contribution in [0.1, 0.15) is 27.3 Å². The van der Waals surface area contributed by atoms with Gasteiger partial charge in [-0.15, -0.1) is 10.2 Å². The molecule has 3 aromatic carbocycles. The highest BCUT2D eigenvalue weighted by Crippen LogP contribution is 2.25. The minimum absolute atomic E-state index is 0.0140. The standard InChI is InChI=1S/C26H23BrN6O4S/c1-16-5-3-6-19(13-16)29-24(34)15-38-26-31-30-23(32(26)20-11-9-18(27)10-12-20)14-28-25(35)21-7-4-8-22(17(21)2)33(36)37/h3-13H,14-15H2,1-2H3,(H,28,35)(H,29,34). The number of nitro groups is 1. The number of anilines is 1. The van der Waals surface area contributed by atoms with Gasteiger partial charge in [0.15, 0.2) is 11.0 Å². The molecular formula is C26H23BrN6O4S. The summed E-state index contributed by atoms with van der Waals surface area (Å²) in [4.78, 5) is 36.2. The van der Waals surface area contributed by atoms with E-state index in [1.807, 2.05) is 55.5 Å². The van der Waals surface area contributed by atoms with E-state index in [2.05, 4.69) is 36.8 Å². The third-order valence-corrected chi connectivity index (χ3v) is 7.03. The van der Waals surface area contributed by atoms with E-state index in [-0.39, 0.29) is 35.0 Å². The van der Waals surface area contributed by atoms with E-state index in [0.717, 1.165) is 15.7 Å². The van der Waals surface area contributed by atoms with Crippen LogP contribution in [0.2, 0.25) is 0 Å². The highest BCUT2D eigenvalue weighted by molar-refractivity contribution is 9.10. The van der Waals surface area contributed by atoms with Crippen molar-refractivity contribution in [1.29, 1.82) is 0 Å². The van der Waals surface area contributed by atoms with Gasteiger partial charge in [0.2, 0.25) is 5.91 Å². The third-order valence-electron chi connectivity index (χ3n) is 5.57. The topological polar surface area (TPSA) is 132 Å². The molecule has 0 saturated carbocycles. The lowest BCUT2D eigenvalue weighted by atomic mass is 10.1. The van der Waals surface area contributed by atoms with Gasteiger partial charge in [-0.3, -0.25) is 24.3 Å². The second-order valence-corrected chi connectivity index (χ2v) is 10.2. The average molecular weight is 595 g/mol. The van der Waals surface area contributed by atoms with Crippen LogP contribution in [-0.2, 0) is 11.3 Å². The van der Waals surface area contributed by atoms with Crippen LogP contribution >= 0.6 is 27.7 Å². The first kappa shape index (κ1) is 27.0. The summed E-state index contributed by atoms with van der Waals surface area (Å²) in [6.07, 6.45) is 0. The molecule has 38 heavy (non-hydrogen) atoms. The molecule has 4 rings (SSSR count). The van der Waals surface area contributed by atoms with Crippen LogP contribution in [0.5, 0.6) is 0 Å². The number of carbonyl (C=O) groups is 2. The van der Waals surface area contributed by atoms with E-state index in [1.165, 1.54) is 36.9 Å². The molecule has 0 spiro atoms. The molecule has 0 atom stereocenters. The summed E-state index contributed by atoms with van der Waals surface area (Å²) >= 11 is 4.64. The van der Waals surface area contributed by atoms with Gasteiger partial charge in [0, 0.05) is 33.0 Å². The van der Waals surface area contributed by atoms with E-state index in [9.17, 15) is 19.7 Å². The third kappa shape index (κ3) is 6.45. The van der Waals surface area contributed by atoms with Crippen molar-refractivity contribution >= 4 is 50.9 Å². The van der Waals surface area contributed by atoms with Gasteiger partial charge < -0.3 is 10.6 Å². The highest BCUT2D eigenvalue weighted by atomic mass is 79.9. The maximum atomic E-state index is 12.9. The second-order valence-electron chi connectivity index (χ2n) is 8.31. The maximum Gasteiger partial charge on any atom is 0.273 e. The number of halogens is 1. The predicted octanol–water partition coefficient (Wildman–Crippen LogP) is 5.22. The van der Waals surface area contributed by atoms with Crippen LogP contribution in [0.15, 0.2) is 76.4 Å². The van der Waals surface area contributed by atoms with E-state index < -0.39 is 10.8 Å². The molecule has 0 unspecified atom stereocenters. The van der Waals surface area contributed by atoms with E-state index >= 15 is 0 Å². The summed E-state index contributed by atoms with van der Waals surface area (Å²) in [7, 11) is 0. The van der Waals surface area contributed by atoms with Crippen molar-refractivity contribution < 1.29 is 14.5 Å². The molecule has 2 N–H and O–H groups in total. The SMILES string of the molecule is Cc1cccc(NC(=O)CSc2nnc(CNC(=O)c3cccc([N+](=O)[O-])c3C)n2-c2ccc(Br)cc2)c1. The Hall–Kier alpha value is -4.03. The molecule has 194 valence electrons. The van der Waals surface area contributed by atoms with Gasteiger partial charge in [0.25, 0.3) is 11.6 Å². The molecule has 0 radical (unpaired) electrons. The second kappa shape index (κ2) is 12.0. The fourth-order valence-electron chi connectivity index (χ4n) is 3.73. The zero-order valence-corrected chi connectivity index (χ0v) is 22.9. The first-order valence-electron chi connectivity index (χ1n) is 11.4. The maximum absolute atomic E-state index is 12.9.